The van der Waals surface area contributed by atoms with Crippen LogP contribution in [0.25, 0.3) is 10.9 Å². The van der Waals surface area contributed by atoms with Gasteiger partial charge in [-0.25, -0.2) is 8.42 Å². The molecule has 0 saturated carbocycles. The van der Waals surface area contributed by atoms with Crippen LogP contribution in [-0.2, 0) is 29.3 Å². The molecule has 35 heavy (non-hydrogen) atoms. The zero-order chi connectivity index (χ0) is 24.8. The number of aromatic amines is 1. The third-order valence-corrected chi connectivity index (χ3v) is 7.26. The Kier molecular flexibility index (Phi) is 5.56. The van der Waals surface area contributed by atoms with Gasteiger partial charge in [-0.05, 0) is 42.5 Å². The average molecular weight is 506 g/mol. The Morgan fingerprint density at radius 1 is 0.971 bits per heavy atom. The van der Waals surface area contributed by atoms with Crippen molar-refractivity contribution in [1.82, 2.24) is 9.29 Å². The number of ether oxygens (including phenoxy) is 2. The van der Waals surface area contributed by atoms with E-state index in [2.05, 4.69) is 4.98 Å². The van der Waals surface area contributed by atoms with E-state index in [9.17, 15) is 26.4 Å². The van der Waals surface area contributed by atoms with Gasteiger partial charge in [-0.1, -0.05) is 6.07 Å². The summed E-state index contributed by atoms with van der Waals surface area (Å²) in [7, 11) is -4.46. The number of hydrogen-bond acceptors (Lipinski definition) is 6. The second-order valence-electron chi connectivity index (χ2n) is 7.79. The molecule has 0 unspecified atom stereocenters. The van der Waals surface area contributed by atoms with Crippen molar-refractivity contribution in [2.24, 2.45) is 0 Å². The van der Waals surface area contributed by atoms with Gasteiger partial charge in [0.1, 0.15) is 5.76 Å². The first-order chi connectivity index (χ1) is 16.6. The van der Waals surface area contributed by atoms with Gasteiger partial charge in [-0.15, -0.1) is 0 Å². The van der Waals surface area contributed by atoms with Gasteiger partial charge in [0, 0.05) is 23.6 Å². The molecule has 0 fully saturated rings. The van der Waals surface area contributed by atoms with Gasteiger partial charge in [-0.2, -0.15) is 17.5 Å². The standard InChI is InChI=1S/C23H17F3N2O6S/c24-23(25,26)16-3-1-5-18(9-16)35(30,31)28(12-17-4-2-6-32-17)11-15-7-14-8-20-21(34-13-33-20)10-19(14)27-22(15)29/h1-10H,11-13H2,(H,27,29). The van der Waals surface area contributed by atoms with E-state index in [4.69, 9.17) is 13.9 Å². The van der Waals surface area contributed by atoms with Gasteiger partial charge in [0.05, 0.1) is 28.8 Å². The Morgan fingerprint density at radius 3 is 2.46 bits per heavy atom. The molecule has 1 aliphatic heterocycles. The van der Waals surface area contributed by atoms with E-state index in [1.54, 1.807) is 18.2 Å². The molecular formula is C23H17F3N2O6S. The van der Waals surface area contributed by atoms with Crippen LogP contribution in [0.2, 0.25) is 0 Å². The maximum atomic E-state index is 13.4. The predicted molar refractivity (Wildman–Crippen MR) is 117 cm³/mol. The number of benzene rings is 2. The number of furan rings is 1. The van der Waals surface area contributed by atoms with Crippen molar-refractivity contribution in [2.45, 2.75) is 24.2 Å². The number of sulfonamides is 1. The van der Waals surface area contributed by atoms with Crippen molar-refractivity contribution >= 4 is 20.9 Å². The summed E-state index contributed by atoms with van der Waals surface area (Å²) in [5, 5.41) is 0.568. The van der Waals surface area contributed by atoms with Crippen molar-refractivity contribution in [1.29, 1.82) is 0 Å². The predicted octanol–water partition coefficient (Wildman–Crippen LogP) is 4.26. The second-order valence-corrected chi connectivity index (χ2v) is 9.73. The fourth-order valence-electron chi connectivity index (χ4n) is 3.73. The lowest BCUT2D eigenvalue weighted by Gasteiger charge is -2.22. The Hall–Kier alpha value is -3.77. The Labute approximate surface area is 196 Å². The molecule has 0 bridgehead atoms. The summed E-state index contributed by atoms with van der Waals surface area (Å²) in [5.41, 5.74) is -1.11. The quantitative estimate of drug-likeness (QED) is 0.419. The normalized spacial score (nSPS) is 13.6. The molecule has 2 aromatic heterocycles. The summed E-state index contributed by atoms with van der Waals surface area (Å²) in [4.78, 5) is 14.9. The molecule has 3 heterocycles. The summed E-state index contributed by atoms with van der Waals surface area (Å²) in [6, 6.07) is 11.3. The molecule has 1 aliphatic rings. The van der Waals surface area contributed by atoms with Crippen LogP contribution in [0.3, 0.4) is 0 Å². The minimum atomic E-state index is -4.72. The SMILES string of the molecule is O=c1[nH]c2cc3c(cc2cc1CN(Cc1ccco1)S(=O)(=O)c1cccc(C(F)(F)F)c1)OCO3. The molecule has 0 radical (unpaired) electrons. The lowest BCUT2D eigenvalue weighted by Crippen LogP contribution is -2.32. The topological polar surface area (TPSA) is 102 Å². The van der Waals surface area contributed by atoms with E-state index in [0.29, 0.717) is 28.5 Å². The van der Waals surface area contributed by atoms with E-state index < -0.39 is 38.8 Å². The van der Waals surface area contributed by atoms with Crippen LogP contribution in [-0.4, -0.2) is 24.5 Å². The molecule has 8 nitrogen and oxygen atoms in total. The second kappa shape index (κ2) is 8.47. The number of fused-ring (bicyclic) bond motifs is 2. The zero-order valence-electron chi connectivity index (χ0n) is 17.8. The highest BCUT2D eigenvalue weighted by Gasteiger charge is 2.33. The van der Waals surface area contributed by atoms with E-state index >= 15 is 0 Å². The molecule has 5 rings (SSSR count). The number of nitrogens with one attached hydrogen (secondary N) is 1. The first kappa shape index (κ1) is 23.0. The number of hydrogen-bond donors (Lipinski definition) is 1. The number of alkyl halides is 3. The van der Waals surface area contributed by atoms with E-state index in [-0.39, 0.29) is 24.7 Å². The third kappa shape index (κ3) is 4.49. The minimum absolute atomic E-state index is 0.0366. The van der Waals surface area contributed by atoms with E-state index in [1.807, 2.05) is 0 Å². The molecule has 1 N–H and O–H groups in total. The number of halogens is 3. The van der Waals surface area contributed by atoms with Crippen molar-refractivity contribution in [3.05, 3.63) is 88.1 Å². The molecule has 4 aromatic rings. The van der Waals surface area contributed by atoms with Crippen molar-refractivity contribution in [3.8, 4) is 11.5 Å². The number of rotatable bonds is 6. The van der Waals surface area contributed by atoms with Gasteiger partial charge < -0.3 is 18.9 Å². The van der Waals surface area contributed by atoms with Gasteiger partial charge in [0.25, 0.3) is 5.56 Å². The first-order valence-electron chi connectivity index (χ1n) is 10.3. The largest absolute Gasteiger partial charge is 0.468 e. The van der Waals surface area contributed by atoms with Crippen LogP contribution in [0.1, 0.15) is 16.9 Å². The van der Waals surface area contributed by atoms with Gasteiger partial charge in [0.2, 0.25) is 16.8 Å². The fraction of sp³-hybridized carbons (Fsp3) is 0.174. The van der Waals surface area contributed by atoms with Gasteiger partial charge in [0.15, 0.2) is 11.5 Å². The Balaban J connectivity index is 1.56. The van der Waals surface area contributed by atoms with Crippen LogP contribution >= 0.6 is 0 Å². The lowest BCUT2D eigenvalue weighted by molar-refractivity contribution is -0.137. The summed E-state index contributed by atoms with van der Waals surface area (Å²) >= 11 is 0. The van der Waals surface area contributed by atoms with Crippen LogP contribution in [0.4, 0.5) is 13.2 Å². The average Bonchev–Trinajstić information content (AvgIpc) is 3.49. The number of H-pyrrole nitrogens is 1. The molecule has 0 amide bonds. The van der Waals surface area contributed by atoms with Crippen LogP contribution < -0.4 is 15.0 Å². The number of nitrogens with zero attached hydrogens (tertiary/aromatic N) is 1. The Bertz CT molecular complexity index is 1560. The van der Waals surface area contributed by atoms with Crippen LogP contribution in [0, 0.1) is 0 Å². The highest BCUT2D eigenvalue weighted by Crippen LogP contribution is 2.35. The molecule has 0 atom stereocenters. The maximum Gasteiger partial charge on any atom is 0.416 e. The maximum absolute atomic E-state index is 13.4. The van der Waals surface area contributed by atoms with E-state index in [0.717, 1.165) is 22.5 Å². The molecule has 12 heteroatoms. The molecule has 2 aromatic carbocycles. The lowest BCUT2D eigenvalue weighted by atomic mass is 10.1. The zero-order valence-corrected chi connectivity index (χ0v) is 18.7. The van der Waals surface area contributed by atoms with Gasteiger partial charge in [-0.3, -0.25) is 4.79 Å². The highest BCUT2D eigenvalue weighted by atomic mass is 32.2. The number of aromatic nitrogens is 1. The minimum Gasteiger partial charge on any atom is -0.468 e. The van der Waals surface area contributed by atoms with E-state index in [1.165, 1.54) is 18.4 Å². The molecule has 0 saturated heterocycles. The van der Waals surface area contributed by atoms with Crippen molar-refractivity contribution in [3.63, 3.8) is 0 Å². The highest BCUT2D eigenvalue weighted by molar-refractivity contribution is 7.89. The Morgan fingerprint density at radius 2 is 1.74 bits per heavy atom. The fourth-order valence-corrected chi connectivity index (χ4v) is 5.16. The molecule has 0 aliphatic carbocycles. The smallest absolute Gasteiger partial charge is 0.416 e. The summed E-state index contributed by atoms with van der Waals surface area (Å²) < 4.78 is 83.3. The molecule has 0 spiro atoms. The van der Waals surface area contributed by atoms with Crippen molar-refractivity contribution in [2.75, 3.05) is 6.79 Å². The monoisotopic (exact) mass is 506 g/mol. The summed E-state index contributed by atoms with van der Waals surface area (Å²) in [5.74, 6) is 1.19. The van der Waals surface area contributed by atoms with Gasteiger partial charge >= 0.3 is 6.18 Å². The molecule has 182 valence electrons. The third-order valence-electron chi connectivity index (χ3n) is 5.47. The summed E-state index contributed by atoms with van der Waals surface area (Å²) in [6.45, 7) is -0.682. The summed E-state index contributed by atoms with van der Waals surface area (Å²) in [6.07, 6.45) is -3.38. The first-order valence-corrected chi connectivity index (χ1v) is 11.7. The van der Waals surface area contributed by atoms with Crippen molar-refractivity contribution < 1.29 is 35.5 Å². The van der Waals surface area contributed by atoms with Crippen LogP contribution in [0.5, 0.6) is 11.5 Å². The number of pyridine rings is 1. The molecular weight excluding hydrogens is 489 g/mol. The van der Waals surface area contributed by atoms with Crippen LogP contribution in [0.15, 0.2) is 75.0 Å².